The van der Waals surface area contributed by atoms with Crippen molar-refractivity contribution in [1.82, 2.24) is 35.1 Å². The molecule has 0 aliphatic rings. The van der Waals surface area contributed by atoms with Gasteiger partial charge in [0, 0.05) is 34.5 Å². The van der Waals surface area contributed by atoms with E-state index < -0.39 is 0 Å². The van der Waals surface area contributed by atoms with E-state index in [2.05, 4.69) is 35.5 Å². The Kier molecular flexibility index (Phi) is 5.56. The number of carbonyl (C=O) groups excluding carboxylic acids is 1. The second-order valence-corrected chi connectivity index (χ2v) is 9.12. The summed E-state index contributed by atoms with van der Waals surface area (Å²) < 4.78 is 13.9. The zero-order valence-corrected chi connectivity index (χ0v) is 20.8. The Hall–Kier alpha value is -5.77. The van der Waals surface area contributed by atoms with Crippen molar-refractivity contribution in [2.45, 2.75) is 0 Å². The van der Waals surface area contributed by atoms with Gasteiger partial charge in [-0.25, -0.2) is 14.4 Å². The van der Waals surface area contributed by atoms with Gasteiger partial charge in [0.2, 0.25) is 0 Å². The van der Waals surface area contributed by atoms with E-state index >= 15 is 0 Å². The molecule has 1 amide bonds. The number of pyridine rings is 3. The number of hydrogen-bond donors (Lipinski definition) is 3. The van der Waals surface area contributed by atoms with Crippen molar-refractivity contribution in [2.24, 2.45) is 0 Å². The van der Waals surface area contributed by atoms with Crippen LogP contribution in [0.2, 0.25) is 0 Å². The minimum Gasteiger partial charge on any atom is -0.321 e. The second-order valence-electron chi connectivity index (χ2n) is 9.12. The van der Waals surface area contributed by atoms with Gasteiger partial charge in [-0.15, -0.1) is 0 Å². The summed E-state index contributed by atoms with van der Waals surface area (Å²) in [5.74, 6) is -0.0392. The van der Waals surface area contributed by atoms with Gasteiger partial charge in [0.05, 0.1) is 29.3 Å². The van der Waals surface area contributed by atoms with E-state index in [1.54, 1.807) is 43.0 Å². The van der Waals surface area contributed by atoms with Crippen LogP contribution >= 0.6 is 0 Å². The molecule has 0 radical (unpaired) electrons. The zero-order valence-electron chi connectivity index (χ0n) is 20.8. The van der Waals surface area contributed by atoms with E-state index in [1.165, 1.54) is 12.1 Å². The van der Waals surface area contributed by atoms with Crippen molar-refractivity contribution in [3.63, 3.8) is 0 Å². The molecule has 7 rings (SSSR count). The van der Waals surface area contributed by atoms with Crippen LogP contribution in [-0.2, 0) is 0 Å². The van der Waals surface area contributed by atoms with E-state index in [9.17, 15) is 9.18 Å². The number of aromatic amines is 2. The van der Waals surface area contributed by atoms with Gasteiger partial charge in [-0.2, -0.15) is 5.10 Å². The van der Waals surface area contributed by atoms with Crippen LogP contribution in [0, 0.1) is 5.82 Å². The predicted octanol–water partition coefficient (Wildman–Crippen LogP) is 6.02. The highest BCUT2D eigenvalue weighted by Crippen LogP contribution is 2.32. The summed E-state index contributed by atoms with van der Waals surface area (Å²) in [5, 5.41) is 11.2. The van der Waals surface area contributed by atoms with Crippen LogP contribution in [0.5, 0.6) is 0 Å². The van der Waals surface area contributed by atoms with E-state index in [-0.39, 0.29) is 11.7 Å². The minimum atomic E-state index is -0.324. The van der Waals surface area contributed by atoms with E-state index in [0.717, 1.165) is 22.0 Å². The number of H-pyrrole nitrogens is 2. The van der Waals surface area contributed by atoms with Crippen LogP contribution < -0.4 is 5.32 Å². The van der Waals surface area contributed by atoms with Crippen molar-refractivity contribution in [3.8, 4) is 33.9 Å². The molecule has 40 heavy (non-hydrogen) atoms. The molecule has 5 aromatic heterocycles. The lowest BCUT2D eigenvalue weighted by atomic mass is 10.1. The van der Waals surface area contributed by atoms with Gasteiger partial charge in [-0.05, 0) is 48.0 Å². The number of anilines is 1. The third-order valence-corrected chi connectivity index (χ3v) is 6.52. The lowest BCUT2D eigenvalue weighted by Gasteiger charge is -2.07. The standard InChI is InChI=1S/C30H19FN8O/c31-20-8-4-7-18(11-20)22-9-10-33-28-26(22)36-29(37-28)27-23-13-24(34-16-25(23)38-39-27)19-12-21(15-32-14-19)35-30(40)17-5-2-1-3-6-17/h1-16H,(H,35,40)(H,38,39)(H,33,36,37). The molecule has 0 atom stereocenters. The molecule has 192 valence electrons. The number of nitrogens with zero attached hydrogens (tertiary/aromatic N) is 5. The van der Waals surface area contributed by atoms with Gasteiger partial charge in [-0.1, -0.05) is 30.3 Å². The number of rotatable bonds is 5. The number of aromatic nitrogens is 7. The minimum absolute atomic E-state index is 0.226. The maximum Gasteiger partial charge on any atom is 0.255 e. The molecule has 2 aromatic carbocycles. The molecule has 5 heterocycles. The topological polar surface area (TPSA) is 125 Å². The molecule has 0 fully saturated rings. The molecule has 9 nitrogen and oxygen atoms in total. The Morgan fingerprint density at radius 3 is 2.65 bits per heavy atom. The number of halogens is 1. The van der Waals surface area contributed by atoms with Crippen LogP contribution in [0.1, 0.15) is 10.4 Å². The lowest BCUT2D eigenvalue weighted by molar-refractivity contribution is 0.102. The molecule has 0 saturated heterocycles. The first-order valence-electron chi connectivity index (χ1n) is 12.4. The Labute approximate surface area is 226 Å². The summed E-state index contributed by atoms with van der Waals surface area (Å²) >= 11 is 0. The largest absolute Gasteiger partial charge is 0.321 e. The molecular weight excluding hydrogens is 507 g/mol. The Bertz CT molecular complexity index is 2030. The monoisotopic (exact) mass is 526 g/mol. The Morgan fingerprint density at radius 2 is 1.77 bits per heavy atom. The third-order valence-electron chi connectivity index (χ3n) is 6.52. The first-order chi connectivity index (χ1) is 19.6. The van der Waals surface area contributed by atoms with Gasteiger partial charge in [-0.3, -0.25) is 19.9 Å². The summed E-state index contributed by atoms with van der Waals surface area (Å²) in [6, 6.07) is 20.9. The number of fused-ring (bicyclic) bond motifs is 2. The Balaban J connectivity index is 1.25. The van der Waals surface area contributed by atoms with Crippen LogP contribution in [0.15, 0.2) is 97.6 Å². The van der Waals surface area contributed by atoms with Gasteiger partial charge in [0.1, 0.15) is 17.0 Å². The van der Waals surface area contributed by atoms with Crippen LogP contribution in [0.25, 0.3) is 56.0 Å². The number of benzene rings is 2. The molecule has 0 bridgehead atoms. The highest BCUT2D eigenvalue weighted by molar-refractivity contribution is 6.04. The van der Waals surface area contributed by atoms with Crippen molar-refractivity contribution in [1.29, 1.82) is 0 Å². The SMILES string of the molecule is O=C(Nc1cncc(-c2cc3c(-c4nc5c(-c6cccc(F)c6)ccnc5[nH]4)n[nH]c3cn2)c1)c1ccccc1. The van der Waals surface area contributed by atoms with Crippen molar-refractivity contribution < 1.29 is 9.18 Å². The van der Waals surface area contributed by atoms with Crippen LogP contribution in [-0.4, -0.2) is 41.0 Å². The normalized spacial score (nSPS) is 11.2. The number of imidazole rings is 1. The molecule has 0 spiro atoms. The highest BCUT2D eigenvalue weighted by Gasteiger charge is 2.17. The number of nitrogens with one attached hydrogen (secondary N) is 3. The highest BCUT2D eigenvalue weighted by atomic mass is 19.1. The molecular formula is C30H19FN8O. The Morgan fingerprint density at radius 1 is 0.875 bits per heavy atom. The molecule has 0 saturated carbocycles. The molecule has 10 heteroatoms. The van der Waals surface area contributed by atoms with E-state index in [1.807, 2.05) is 42.5 Å². The predicted molar refractivity (Wildman–Crippen MR) is 150 cm³/mol. The molecule has 0 aliphatic carbocycles. The summed E-state index contributed by atoms with van der Waals surface area (Å²) in [4.78, 5) is 33.9. The number of carbonyl (C=O) groups is 1. The summed E-state index contributed by atoms with van der Waals surface area (Å²) in [7, 11) is 0. The maximum absolute atomic E-state index is 13.9. The van der Waals surface area contributed by atoms with Gasteiger partial charge in [0.15, 0.2) is 11.5 Å². The lowest BCUT2D eigenvalue weighted by Crippen LogP contribution is -2.11. The van der Waals surface area contributed by atoms with Crippen molar-refractivity contribution in [3.05, 3.63) is 109 Å². The van der Waals surface area contributed by atoms with Gasteiger partial charge in [0.25, 0.3) is 5.91 Å². The number of amides is 1. The molecule has 7 aromatic rings. The number of hydrogen-bond acceptors (Lipinski definition) is 6. The fourth-order valence-corrected chi connectivity index (χ4v) is 4.61. The first-order valence-corrected chi connectivity index (χ1v) is 12.4. The average molecular weight is 527 g/mol. The molecule has 0 aliphatic heterocycles. The fraction of sp³-hybridized carbons (Fsp3) is 0. The quantitative estimate of drug-likeness (QED) is 0.252. The van der Waals surface area contributed by atoms with E-state index in [0.29, 0.717) is 45.2 Å². The fourth-order valence-electron chi connectivity index (χ4n) is 4.61. The third kappa shape index (κ3) is 4.23. The second kappa shape index (κ2) is 9.52. The zero-order chi connectivity index (χ0) is 27.1. The average Bonchev–Trinajstić information content (AvgIpc) is 3.61. The molecule has 3 N–H and O–H groups in total. The van der Waals surface area contributed by atoms with Crippen LogP contribution in [0.3, 0.4) is 0 Å². The van der Waals surface area contributed by atoms with Gasteiger partial charge >= 0.3 is 0 Å². The molecule has 0 unspecified atom stereocenters. The summed E-state index contributed by atoms with van der Waals surface area (Å²) in [5.41, 5.74) is 6.42. The maximum atomic E-state index is 13.9. The first kappa shape index (κ1) is 23.4. The van der Waals surface area contributed by atoms with E-state index in [4.69, 9.17) is 4.98 Å². The smallest absolute Gasteiger partial charge is 0.255 e. The van der Waals surface area contributed by atoms with Crippen LogP contribution in [0.4, 0.5) is 10.1 Å². The van der Waals surface area contributed by atoms with Gasteiger partial charge < -0.3 is 10.3 Å². The summed E-state index contributed by atoms with van der Waals surface area (Å²) in [6.07, 6.45) is 6.62. The summed E-state index contributed by atoms with van der Waals surface area (Å²) in [6.45, 7) is 0. The van der Waals surface area contributed by atoms with Crippen molar-refractivity contribution >= 4 is 33.7 Å². The van der Waals surface area contributed by atoms with Crippen molar-refractivity contribution in [2.75, 3.05) is 5.32 Å².